The Morgan fingerprint density at radius 1 is 1.14 bits per heavy atom. The molecule has 0 atom stereocenters. The Hall–Kier alpha value is -1.92. The molecular formula is C15H21N3O3. The van der Waals surface area contributed by atoms with Gasteiger partial charge >= 0.3 is 0 Å². The lowest BCUT2D eigenvalue weighted by Gasteiger charge is -2.03. The van der Waals surface area contributed by atoms with Gasteiger partial charge in [0.2, 0.25) is 5.89 Å². The Kier molecular flexibility index (Phi) is 6.18. The molecule has 0 saturated heterocycles. The van der Waals surface area contributed by atoms with Crippen molar-refractivity contribution in [1.82, 2.24) is 10.1 Å². The van der Waals surface area contributed by atoms with E-state index in [1.807, 2.05) is 12.1 Å². The molecule has 1 N–H and O–H groups in total. The number of hydrogen-bond donors (Lipinski definition) is 1. The highest BCUT2D eigenvalue weighted by Crippen LogP contribution is 2.10. The van der Waals surface area contributed by atoms with Crippen LogP contribution in [-0.2, 0) is 22.4 Å². The van der Waals surface area contributed by atoms with Gasteiger partial charge in [-0.15, -0.1) is 0 Å². The summed E-state index contributed by atoms with van der Waals surface area (Å²) in [5.74, 6) is 1.23. The predicted molar refractivity (Wildman–Crippen MR) is 79.2 cm³/mol. The molecule has 0 aliphatic carbocycles. The average Bonchev–Trinajstić information content (AvgIpc) is 2.94. The summed E-state index contributed by atoms with van der Waals surface area (Å²) in [5, 5.41) is 7.16. The van der Waals surface area contributed by atoms with Crippen LogP contribution in [0.15, 0.2) is 28.8 Å². The van der Waals surface area contributed by atoms with Gasteiger partial charge in [-0.25, -0.2) is 0 Å². The van der Waals surface area contributed by atoms with Crippen LogP contribution in [0, 0.1) is 6.92 Å². The van der Waals surface area contributed by atoms with E-state index in [2.05, 4.69) is 34.5 Å². The molecule has 2 aromatic rings. The molecule has 6 nitrogen and oxygen atoms in total. The SMILES string of the molecule is COCCOCCc1noc(CNc2ccc(C)cc2)n1. The van der Waals surface area contributed by atoms with Crippen LogP contribution >= 0.6 is 0 Å². The summed E-state index contributed by atoms with van der Waals surface area (Å²) in [6.07, 6.45) is 0.637. The number of rotatable bonds is 9. The van der Waals surface area contributed by atoms with Crippen molar-refractivity contribution in [3.8, 4) is 0 Å². The molecule has 114 valence electrons. The Labute approximate surface area is 124 Å². The third-order valence-electron chi connectivity index (χ3n) is 2.91. The summed E-state index contributed by atoms with van der Waals surface area (Å²) in [7, 11) is 1.65. The van der Waals surface area contributed by atoms with E-state index in [-0.39, 0.29) is 0 Å². The Morgan fingerprint density at radius 3 is 2.71 bits per heavy atom. The predicted octanol–water partition coefficient (Wildman–Crippen LogP) is 2.20. The Morgan fingerprint density at radius 2 is 1.95 bits per heavy atom. The number of ether oxygens (including phenoxy) is 2. The molecule has 6 heteroatoms. The normalized spacial score (nSPS) is 10.8. The minimum absolute atomic E-state index is 0.514. The average molecular weight is 291 g/mol. The summed E-state index contributed by atoms with van der Waals surface area (Å²) >= 11 is 0. The van der Waals surface area contributed by atoms with Gasteiger partial charge in [-0.05, 0) is 19.1 Å². The molecule has 1 heterocycles. The smallest absolute Gasteiger partial charge is 0.245 e. The molecule has 0 unspecified atom stereocenters. The molecule has 0 aliphatic rings. The lowest BCUT2D eigenvalue weighted by Crippen LogP contribution is -2.06. The number of anilines is 1. The largest absolute Gasteiger partial charge is 0.382 e. The van der Waals surface area contributed by atoms with Crippen molar-refractivity contribution >= 4 is 5.69 Å². The van der Waals surface area contributed by atoms with Crippen molar-refractivity contribution in [3.63, 3.8) is 0 Å². The van der Waals surface area contributed by atoms with Gasteiger partial charge in [0.1, 0.15) is 0 Å². The number of methoxy groups -OCH3 is 1. The van der Waals surface area contributed by atoms with Gasteiger partial charge in [-0.1, -0.05) is 22.9 Å². The number of nitrogens with one attached hydrogen (secondary N) is 1. The Balaban J connectivity index is 1.71. The van der Waals surface area contributed by atoms with Gasteiger partial charge in [0.05, 0.1) is 26.4 Å². The van der Waals surface area contributed by atoms with Crippen LogP contribution in [0.25, 0.3) is 0 Å². The second kappa shape index (κ2) is 8.39. The van der Waals surface area contributed by atoms with E-state index < -0.39 is 0 Å². The quantitative estimate of drug-likeness (QED) is 0.714. The van der Waals surface area contributed by atoms with Crippen molar-refractivity contribution in [2.24, 2.45) is 0 Å². The first-order valence-corrected chi connectivity index (χ1v) is 6.96. The fourth-order valence-corrected chi connectivity index (χ4v) is 1.72. The van der Waals surface area contributed by atoms with Crippen molar-refractivity contribution in [2.75, 3.05) is 32.2 Å². The summed E-state index contributed by atoms with van der Waals surface area (Å²) in [5.41, 5.74) is 2.26. The van der Waals surface area contributed by atoms with Crippen LogP contribution in [-0.4, -0.2) is 37.1 Å². The van der Waals surface area contributed by atoms with Crippen LogP contribution in [0.3, 0.4) is 0 Å². The highest BCUT2D eigenvalue weighted by atomic mass is 16.5. The molecule has 0 fully saturated rings. The zero-order valence-electron chi connectivity index (χ0n) is 12.5. The number of aromatic nitrogens is 2. The topological polar surface area (TPSA) is 69.4 Å². The van der Waals surface area contributed by atoms with E-state index in [4.69, 9.17) is 14.0 Å². The van der Waals surface area contributed by atoms with Gasteiger partial charge in [0.15, 0.2) is 5.82 Å². The van der Waals surface area contributed by atoms with Gasteiger partial charge < -0.3 is 19.3 Å². The molecule has 0 radical (unpaired) electrons. The number of benzene rings is 1. The molecule has 0 spiro atoms. The summed E-state index contributed by atoms with van der Waals surface area (Å²) in [4.78, 5) is 4.31. The maximum atomic E-state index is 5.37. The first-order chi connectivity index (χ1) is 10.3. The fraction of sp³-hybridized carbons (Fsp3) is 0.467. The van der Waals surface area contributed by atoms with E-state index in [9.17, 15) is 0 Å². The van der Waals surface area contributed by atoms with Crippen molar-refractivity contribution in [3.05, 3.63) is 41.5 Å². The minimum Gasteiger partial charge on any atom is -0.382 e. The van der Waals surface area contributed by atoms with Crippen molar-refractivity contribution < 1.29 is 14.0 Å². The molecule has 1 aromatic carbocycles. The van der Waals surface area contributed by atoms with E-state index in [0.29, 0.717) is 44.5 Å². The summed E-state index contributed by atoms with van der Waals surface area (Å²) in [6, 6.07) is 8.16. The van der Waals surface area contributed by atoms with Gasteiger partial charge in [0, 0.05) is 19.2 Å². The minimum atomic E-state index is 0.514. The van der Waals surface area contributed by atoms with E-state index in [1.54, 1.807) is 7.11 Å². The highest BCUT2D eigenvalue weighted by molar-refractivity contribution is 5.44. The number of nitrogens with zero attached hydrogens (tertiary/aromatic N) is 2. The molecule has 0 bridgehead atoms. The lowest BCUT2D eigenvalue weighted by atomic mass is 10.2. The third-order valence-corrected chi connectivity index (χ3v) is 2.91. The Bertz CT molecular complexity index is 525. The molecule has 0 amide bonds. The van der Waals surface area contributed by atoms with Crippen molar-refractivity contribution in [1.29, 1.82) is 0 Å². The van der Waals surface area contributed by atoms with E-state index in [0.717, 1.165) is 5.69 Å². The van der Waals surface area contributed by atoms with Gasteiger partial charge in [-0.2, -0.15) is 4.98 Å². The monoisotopic (exact) mass is 291 g/mol. The first kappa shape index (κ1) is 15.5. The third kappa shape index (κ3) is 5.53. The maximum Gasteiger partial charge on any atom is 0.245 e. The van der Waals surface area contributed by atoms with Crippen LogP contribution < -0.4 is 5.32 Å². The molecule has 0 saturated carbocycles. The number of aryl methyl sites for hydroxylation is 1. The molecule has 21 heavy (non-hydrogen) atoms. The van der Waals surface area contributed by atoms with Crippen LogP contribution in [0.2, 0.25) is 0 Å². The summed E-state index contributed by atoms with van der Waals surface area (Å²) in [6.45, 7) is 4.31. The van der Waals surface area contributed by atoms with Crippen LogP contribution in [0.1, 0.15) is 17.3 Å². The lowest BCUT2D eigenvalue weighted by molar-refractivity contribution is 0.0714. The number of hydrogen-bond acceptors (Lipinski definition) is 6. The van der Waals surface area contributed by atoms with Gasteiger partial charge in [0.25, 0.3) is 0 Å². The van der Waals surface area contributed by atoms with E-state index >= 15 is 0 Å². The van der Waals surface area contributed by atoms with Crippen LogP contribution in [0.5, 0.6) is 0 Å². The highest BCUT2D eigenvalue weighted by Gasteiger charge is 2.06. The van der Waals surface area contributed by atoms with Crippen LogP contribution in [0.4, 0.5) is 5.69 Å². The van der Waals surface area contributed by atoms with Crippen molar-refractivity contribution in [2.45, 2.75) is 19.9 Å². The zero-order chi connectivity index (χ0) is 14.9. The van der Waals surface area contributed by atoms with Gasteiger partial charge in [-0.3, -0.25) is 0 Å². The first-order valence-electron chi connectivity index (χ1n) is 6.96. The zero-order valence-corrected chi connectivity index (χ0v) is 12.5. The fourth-order valence-electron chi connectivity index (χ4n) is 1.72. The second-order valence-electron chi connectivity index (χ2n) is 4.68. The molecule has 2 rings (SSSR count). The van der Waals surface area contributed by atoms with E-state index in [1.165, 1.54) is 5.56 Å². The molecule has 0 aliphatic heterocycles. The summed E-state index contributed by atoms with van der Waals surface area (Å²) < 4.78 is 15.4. The maximum absolute atomic E-state index is 5.37. The molecular weight excluding hydrogens is 270 g/mol. The standard InChI is InChI=1S/C15H21N3O3/c1-12-3-5-13(6-4-12)16-11-15-17-14(18-21-15)7-8-20-10-9-19-2/h3-6,16H,7-11H2,1-2H3. The second-order valence-corrected chi connectivity index (χ2v) is 4.68. The molecule has 1 aromatic heterocycles.